The molecule has 0 amide bonds. The van der Waals surface area contributed by atoms with Crippen molar-refractivity contribution in [3.63, 3.8) is 0 Å². The van der Waals surface area contributed by atoms with Crippen LogP contribution in [-0.4, -0.2) is 13.0 Å². The SMILES string of the molecule is CCCCCCCCCCCCCCc1c([O-])cccc1Oc1ccc(S(=O)(=O)O)cc1.[K+]. The van der Waals surface area contributed by atoms with Crippen LogP contribution in [-0.2, 0) is 16.5 Å². The Morgan fingerprint density at radius 2 is 1.30 bits per heavy atom. The van der Waals surface area contributed by atoms with Crippen molar-refractivity contribution < 1.29 is 74.2 Å². The minimum atomic E-state index is -4.24. The van der Waals surface area contributed by atoms with E-state index in [2.05, 4.69) is 6.92 Å². The van der Waals surface area contributed by atoms with Crippen molar-refractivity contribution >= 4 is 10.1 Å². The summed E-state index contributed by atoms with van der Waals surface area (Å²) in [6.45, 7) is 2.25. The molecular formula is C26H37KO5S. The van der Waals surface area contributed by atoms with Gasteiger partial charge in [0.1, 0.15) is 11.5 Å². The van der Waals surface area contributed by atoms with E-state index in [-0.39, 0.29) is 62.0 Å². The smallest absolute Gasteiger partial charge is 0.872 e. The van der Waals surface area contributed by atoms with Gasteiger partial charge in [0, 0.05) is 0 Å². The maximum absolute atomic E-state index is 12.4. The predicted octanol–water partition coefficient (Wildman–Crippen LogP) is 4.05. The summed E-state index contributed by atoms with van der Waals surface area (Å²) in [7, 11) is -4.24. The van der Waals surface area contributed by atoms with E-state index in [9.17, 15) is 13.5 Å². The molecule has 5 nitrogen and oxygen atoms in total. The average Bonchev–Trinajstić information content (AvgIpc) is 2.76. The number of rotatable bonds is 16. The molecule has 178 valence electrons. The molecule has 0 saturated heterocycles. The van der Waals surface area contributed by atoms with E-state index < -0.39 is 10.1 Å². The maximum atomic E-state index is 12.4. The van der Waals surface area contributed by atoms with E-state index in [0.717, 1.165) is 12.8 Å². The zero-order valence-corrected chi connectivity index (χ0v) is 24.2. The molecule has 0 aromatic heterocycles. The van der Waals surface area contributed by atoms with Crippen LogP contribution in [0.4, 0.5) is 0 Å². The molecule has 0 radical (unpaired) electrons. The van der Waals surface area contributed by atoms with Gasteiger partial charge in [-0.3, -0.25) is 4.55 Å². The fourth-order valence-corrected chi connectivity index (χ4v) is 4.32. The zero-order valence-electron chi connectivity index (χ0n) is 20.2. The van der Waals surface area contributed by atoms with Crippen molar-refractivity contribution in [1.29, 1.82) is 0 Å². The number of benzene rings is 2. The minimum absolute atomic E-state index is 0. The van der Waals surface area contributed by atoms with Gasteiger partial charge in [-0.05, 0) is 48.7 Å². The van der Waals surface area contributed by atoms with Gasteiger partial charge in [-0.15, -0.1) is 5.75 Å². The second-order valence-electron chi connectivity index (χ2n) is 8.42. The van der Waals surface area contributed by atoms with E-state index in [0.29, 0.717) is 23.5 Å². The molecule has 0 aliphatic rings. The maximum Gasteiger partial charge on any atom is 1.00 e. The Labute approximate surface area is 242 Å². The molecule has 0 atom stereocenters. The van der Waals surface area contributed by atoms with Crippen LogP contribution in [0.15, 0.2) is 47.4 Å². The topological polar surface area (TPSA) is 86.7 Å². The van der Waals surface area contributed by atoms with Gasteiger partial charge >= 0.3 is 51.4 Å². The first-order valence-corrected chi connectivity index (χ1v) is 13.4. The van der Waals surface area contributed by atoms with Crippen LogP contribution in [0, 0.1) is 0 Å². The summed E-state index contributed by atoms with van der Waals surface area (Å²) in [6, 6.07) is 10.4. The van der Waals surface area contributed by atoms with Gasteiger partial charge in [-0.25, -0.2) is 0 Å². The summed E-state index contributed by atoms with van der Waals surface area (Å²) in [4.78, 5) is -0.195. The Morgan fingerprint density at radius 3 is 1.82 bits per heavy atom. The number of hydrogen-bond acceptors (Lipinski definition) is 4. The fraction of sp³-hybridized carbons (Fsp3) is 0.538. The van der Waals surface area contributed by atoms with Crippen molar-refractivity contribution in [2.24, 2.45) is 0 Å². The summed E-state index contributed by atoms with van der Waals surface area (Å²) >= 11 is 0. The summed E-state index contributed by atoms with van der Waals surface area (Å²) < 4.78 is 37.3. The van der Waals surface area contributed by atoms with E-state index in [1.165, 1.54) is 88.5 Å². The standard InChI is InChI=1S/C26H38O5S.K/c1-2-3-4-5-6-7-8-9-10-11-12-13-15-24-25(27)16-14-17-26(24)31-22-18-20-23(21-19-22)32(28,29)30;/h14,16-21,27H,2-13,15H2,1H3,(H,28,29,30);/q;+1/p-1. The summed E-state index contributed by atoms with van der Waals surface area (Å²) in [5.41, 5.74) is 0.651. The third-order valence-corrected chi connectivity index (χ3v) is 6.59. The molecule has 1 N–H and O–H groups in total. The third kappa shape index (κ3) is 12.2. The Balaban J connectivity index is 0.00000544. The molecule has 0 bridgehead atoms. The summed E-state index contributed by atoms with van der Waals surface area (Å²) in [5, 5.41) is 12.4. The van der Waals surface area contributed by atoms with Crippen LogP contribution in [0.3, 0.4) is 0 Å². The quantitative estimate of drug-likeness (QED) is 0.213. The summed E-state index contributed by atoms with van der Waals surface area (Å²) in [6.07, 6.45) is 15.9. The Kier molecular flexibility index (Phi) is 15.9. The first kappa shape index (κ1) is 30.6. The largest absolute Gasteiger partial charge is 1.00 e. The van der Waals surface area contributed by atoms with Gasteiger partial charge in [0.25, 0.3) is 10.1 Å². The Bertz CT molecular complexity index is 897. The Morgan fingerprint density at radius 1 is 0.788 bits per heavy atom. The third-order valence-electron chi connectivity index (χ3n) is 5.72. The van der Waals surface area contributed by atoms with Crippen molar-refractivity contribution in [1.82, 2.24) is 0 Å². The van der Waals surface area contributed by atoms with E-state index in [4.69, 9.17) is 9.29 Å². The number of unbranched alkanes of at least 4 members (excludes halogenated alkanes) is 11. The molecular weight excluding hydrogens is 463 g/mol. The Hall–Kier alpha value is -0.414. The van der Waals surface area contributed by atoms with Gasteiger partial charge in [-0.2, -0.15) is 8.42 Å². The molecule has 2 aromatic rings. The number of hydrogen-bond donors (Lipinski definition) is 1. The summed E-state index contributed by atoms with van der Waals surface area (Å²) in [5.74, 6) is 0.874. The first-order chi connectivity index (χ1) is 15.4. The molecule has 2 aromatic carbocycles. The van der Waals surface area contributed by atoms with Crippen molar-refractivity contribution in [2.45, 2.75) is 95.3 Å². The monoisotopic (exact) mass is 500 g/mol. The molecule has 2 rings (SSSR count). The van der Waals surface area contributed by atoms with Crippen LogP contribution < -0.4 is 61.2 Å². The van der Waals surface area contributed by atoms with Crippen LogP contribution in [0.5, 0.6) is 17.2 Å². The van der Waals surface area contributed by atoms with Gasteiger partial charge in [0.15, 0.2) is 0 Å². The van der Waals surface area contributed by atoms with Crippen molar-refractivity contribution in [2.75, 3.05) is 0 Å². The van der Waals surface area contributed by atoms with E-state index in [1.54, 1.807) is 18.2 Å². The van der Waals surface area contributed by atoms with Gasteiger partial charge in [0.2, 0.25) is 0 Å². The predicted molar refractivity (Wildman–Crippen MR) is 127 cm³/mol. The van der Waals surface area contributed by atoms with Crippen LogP contribution in [0.25, 0.3) is 0 Å². The van der Waals surface area contributed by atoms with E-state index >= 15 is 0 Å². The van der Waals surface area contributed by atoms with E-state index in [1.807, 2.05) is 0 Å². The normalized spacial score (nSPS) is 11.2. The molecule has 0 fully saturated rings. The van der Waals surface area contributed by atoms with Crippen molar-refractivity contribution in [3.05, 3.63) is 48.0 Å². The molecule has 7 heteroatoms. The molecule has 0 unspecified atom stereocenters. The molecule has 33 heavy (non-hydrogen) atoms. The van der Waals surface area contributed by atoms with Crippen LogP contribution >= 0.6 is 0 Å². The molecule has 0 aliphatic heterocycles. The number of ether oxygens (including phenoxy) is 1. The minimum Gasteiger partial charge on any atom is -0.872 e. The first-order valence-electron chi connectivity index (χ1n) is 12.0. The fourth-order valence-electron chi connectivity index (χ4n) is 3.84. The van der Waals surface area contributed by atoms with Gasteiger partial charge in [-0.1, -0.05) is 89.7 Å². The van der Waals surface area contributed by atoms with Crippen LogP contribution in [0.1, 0.15) is 89.5 Å². The second-order valence-corrected chi connectivity index (χ2v) is 9.84. The van der Waals surface area contributed by atoms with Gasteiger partial charge in [0.05, 0.1) is 4.90 Å². The second kappa shape index (κ2) is 17.1. The molecule has 0 aliphatic carbocycles. The molecule has 0 saturated carbocycles. The molecule has 0 heterocycles. The zero-order chi connectivity index (χ0) is 23.2. The average molecular weight is 501 g/mol. The van der Waals surface area contributed by atoms with Crippen LogP contribution in [0.2, 0.25) is 0 Å². The van der Waals surface area contributed by atoms with Crippen molar-refractivity contribution in [3.8, 4) is 17.2 Å². The molecule has 0 spiro atoms. The van der Waals surface area contributed by atoms with Gasteiger partial charge < -0.3 is 9.84 Å².